The molecule has 0 bridgehead atoms. The number of likely N-dealkylation sites (tertiary alicyclic amines) is 1. The molecule has 1 aliphatic rings. The van der Waals surface area contributed by atoms with Crippen molar-refractivity contribution >= 4 is 29.3 Å². The van der Waals surface area contributed by atoms with Crippen molar-refractivity contribution in [1.82, 2.24) is 10.2 Å². The molecule has 1 heterocycles. The van der Waals surface area contributed by atoms with Gasteiger partial charge in [-0.2, -0.15) is 0 Å². The van der Waals surface area contributed by atoms with Crippen LogP contribution in [0, 0.1) is 0 Å². The number of hydrogen-bond acceptors (Lipinski definition) is 3. The van der Waals surface area contributed by atoms with E-state index in [9.17, 15) is 4.79 Å². The van der Waals surface area contributed by atoms with E-state index in [0.717, 1.165) is 42.1 Å². The maximum atomic E-state index is 12.7. The van der Waals surface area contributed by atoms with Crippen LogP contribution in [-0.4, -0.2) is 42.7 Å². The number of carbonyl (C=O) groups excluding carboxylic acids is 1. The molecule has 5 heteroatoms. The van der Waals surface area contributed by atoms with E-state index in [1.165, 1.54) is 0 Å². The van der Waals surface area contributed by atoms with Crippen LogP contribution >= 0.6 is 23.4 Å². The predicted molar refractivity (Wildman–Crippen MR) is 85.8 cm³/mol. The van der Waals surface area contributed by atoms with Gasteiger partial charge in [-0.25, -0.2) is 0 Å². The van der Waals surface area contributed by atoms with Crippen molar-refractivity contribution in [2.75, 3.05) is 25.9 Å². The number of rotatable bonds is 4. The molecule has 0 spiro atoms. The van der Waals surface area contributed by atoms with Gasteiger partial charge in [0.15, 0.2) is 0 Å². The summed E-state index contributed by atoms with van der Waals surface area (Å²) in [6.45, 7) is 3.71. The topological polar surface area (TPSA) is 32.3 Å². The summed E-state index contributed by atoms with van der Waals surface area (Å²) in [5.41, 5.74) is 0.743. The molecule has 1 N–H and O–H groups in total. The monoisotopic (exact) mass is 312 g/mol. The fraction of sp³-hybridized carbons (Fsp3) is 0.533. The zero-order chi connectivity index (χ0) is 14.5. The molecular formula is C15H21ClN2OS. The van der Waals surface area contributed by atoms with E-state index < -0.39 is 0 Å². The molecular weight excluding hydrogens is 292 g/mol. The molecule has 1 aromatic carbocycles. The average molecular weight is 313 g/mol. The quantitative estimate of drug-likeness (QED) is 0.866. The Kier molecular flexibility index (Phi) is 5.75. The molecule has 110 valence electrons. The van der Waals surface area contributed by atoms with Crippen LogP contribution in [0.2, 0.25) is 5.02 Å². The predicted octanol–water partition coefficient (Wildman–Crippen LogP) is 3.28. The van der Waals surface area contributed by atoms with Crippen molar-refractivity contribution in [2.45, 2.75) is 30.7 Å². The van der Waals surface area contributed by atoms with Crippen LogP contribution in [0.4, 0.5) is 0 Å². The molecule has 3 nitrogen and oxygen atoms in total. The summed E-state index contributed by atoms with van der Waals surface area (Å²) >= 11 is 7.75. The lowest BCUT2D eigenvalue weighted by molar-refractivity contribution is 0.0704. The van der Waals surface area contributed by atoms with Crippen molar-refractivity contribution < 1.29 is 4.79 Å². The van der Waals surface area contributed by atoms with E-state index in [1.54, 1.807) is 17.8 Å². The minimum absolute atomic E-state index is 0.109. The Morgan fingerprint density at radius 2 is 2.15 bits per heavy atom. The van der Waals surface area contributed by atoms with Crippen molar-refractivity contribution in [1.29, 1.82) is 0 Å². The highest BCUT2D eigenvalue weighted by Crippen LogP contribution is 2.27. The van der Waals surface area contributed by atoms with Gasteiger partial charge in [0, 0.05) is 29.0 Å². The summed E-state index contributed by atoms with van der Waals surface area (Å²) < 4.78 is 0. The number of halogens is 1. The van der Waals surface area contributed by atoms with Crippen LogP contribution in [0.25, 0.3) is 0 Å². The highest BCUT2D eigenvalue weighted by atomic mass is 35.5. The molecule has 20 heavy (non-hydrogen) atoms. The second-order valence-electron chi connectivity index (χ2n) is 4.93. The number of piperidine rings is 1. The number of amides is 1. The number of hydrogen-bond donors (Lipinski definition) is 1. The van der Waals surface area contributed by atoms with Gasteiger partial charge >= 0.3 is 0 Å². The van der Waals surface area contributed by atoms with Crippen LogP contribution in [0.1, 0.15) is 30.1 Å². The van der Waals surface area contributed by atoms with Crippen molar-refractivity contribution in [3.8, 4) is 0 Å². The Hall–Kier alpha value is -0.710. The Balaban J connectivity index is 2.14. The minimum atomic E-state index is 0.109. The Labute approximate surface area is 130 Å². The fourth-order valence-electron chi connectivity index (χ4n) is 2.49. The lowest BCUT2D eigenvalue weighted by Crippen LogP contribution is -2.44. The zero-order valence-corrected chi connectivity index (χ0v) is 13.6. The SMILES string of the molecule is CCSc1ccc(Cl)cc1C(=O)N1CCC(NC)CC1. The van der Waals surface area contributed by atoms with Gasteiger partial charge in [-0.1, -0.05) is 18.5 Å². The van der Waals surface area contributed by atoms with E-state index in [-0.39, 0.29) is 5.91 Å². The molecule has 1 saturated heterocycles. The van der Waals surface area contributed by atoms with Crippen LogP contribution in [-0.2, 0) is 0 Å². The summed E-state index contributed by atoms with van der Waals surface area (Å²) in [7, 11) is 1.98. The third-order valence-electron chi connectivity index (χ3n) is 3.66. The summed E-state index contributed by atoms with van der Waals surface area (Å²) in [4.78, 5) is 15.6. The van der Waals surface area contributed by atoms with Crippen molar-refractivity contribution in [3.63, 3.8) is 0 Å². The third-order valence-corrected chi connectivity index (χ3v) is 4.85. The van der Waals surface area contributed by atoms with E-state index in [4.69, 9.17) is 11.6 Å². The molecule has 1 aliphatic heterocycles. The van der Waals surface area contributed by atoms with Gasteiger partial charge in [0.05, 0.1) is 5.56 Å². The molecule has 1 aromatic rings. The third kappa shape index (κ3) is 3.68. The molecule has 1 amide bonds. The molecule has 0 atom stereocenters. The van der Waals surface area contributed by atoms with Gasteiger partial charge in [0.25, 0.3) is 5.91 Å². The largest absolute Gasteiger partial charge is 0.338 e. The second-order valence-corrected chi connectivity index (χ2v) is 6.67. The fourth-order valence-corrected chi connectivity index (χ4v) is 3.44. The van der Waals surface area contributed by atoms with Gasteiger partial charge in [-0.05, 0) is 43.8 Å². The summed E-state index contributed by atoms with van der Waals surface area (Å²) in [5, 5.41) is 3.90. The molecule has 0 aliphatic carbocycles. The van der Waals surface area contributed by atoms with Gasteiger partial charge in [-0.3, -0.25) is 4.79 Å². The minimum Gasteiger partial charge on any atom is -0.338 e. The van der Waals surface area contributed by atoms with Crippen LogP contribution in [0.5, 0.6) is 0 Å². The van der Waals surface area contributed by atoms with Gasteiger partial charge in [-0.15, -0.1) is 11.8 Å². The van der Waals surface area contributed by atoms with Gasteiger partial charge in [0.1, 0.15) is 0 Å². The number of nitrogens with one attached hydrogen (secondary N) is 1. The molecule has 0 unspecified atom stereocenters. The summed E-state index contributed by atoms with van der Waals surface area (Å²) in [6.07, 6.45) is 2.03. The van der Waals surface area contributed by atoms with E-state index in [1.807, 2.05) is 24.1 Å². The normalized spacial score (nSPS) is 16.4. The first-order valence-corrected chi connectivity index (χ1v) is 8.41. The molecule has 0 saturated carbocycles. The number of benzene rings is 1. The first-order chi connectivity index (χ1) is 9.65. The van der Waals surface area contributed by atoms with E-state index >= 15 is 0 Å². The van der Waals surface area contributed by atoms with Gasteiger partial charge < -0.3 is 10.2 Å². The summed E-state index contributed by atoms with van der Waals surface area (Å²) in [6, 6.07) is 6.13. The van der Waals surface area contributed by atoms with Crippen LogP contribution in [0.3, 0.4) is 0 Å². The van der Waals surface area contributed by atoms with Crippen LogP contribution < -0.4 is 5.32 Å². The first-order valence-electron chi connectivity index (χ1n) is 7.04. The zero-order valence-electron chi connectivity index (χ0n) is 12.0. The second kappa shape index (κ2) is 7.34. The van der Waals surface area contributed by atoms with Crippen molar-refractivity contribution in [3.05, 3.63) is 28.8 Å². The average Bonchev–Trinajstić information content (AvgIpc) is 2.48. The maximum absolute atomic E-state index is 12.7. The van der Waals surface area contributed by atoms with Crippen molar-refractivity contribution in [2.24, 2.45) is 0 Å². The van der Waals surface area contributed by atoms with Gasteiger partial charge in [0.2, 0.25) is 0 Å². The molecule has 2 rings (SSSR count). The standard InChI is InChI=1S/C15H21ClN2OS/c1-3-20-14-5-4-11(16)10-13(14)15(19)18-8-6-12(17-2)7-9-18/h4-5,10,12,17H,3,6-9H2,1-2H3. The van der Waals surface area contributed by atoms with E-state index in [2.05, 4.69) is 12.2 Å². The maximum Gasteiger partial charge on any atom is 0.255 e. The molecule has 0 radical (unpaired) electrons. The number of carbonyl (C=O) groups is 1. The first kappa shape index (κ1) is 15.7. The Morgan fingerprint density at radius 1 is 1.45 bits per heavy atom. The van der Waals surface area contributed by atoms with E-state index in [0.29, 0.717) is 11.1 Å². The Bertz CT molecular complexity index is 473. The lowest BCUT2D eigenvalue weighted by atomic mass is 10.0. The lowest BCUT2D eigenvalue weighted by Gasteiger charge is -2.32. The molecule has 0 aromatic heterocycles. The summed E-state index contributed by atoms with van der Waals surface area (Å²) in [5.74, 6) is 1.06. The highest BCUT2D eigenvalue weighted by molar-refractivity contribution is 7.99. The van der Waals surface area contributed by atoms with Crippen LogP contribution in [0.15, 0.2) is 23.1 Å². The number of thioether (sulfide) groups is 1. The Morgan fingerprint density at radius 3 is 2.75 bits per heavy atom. The number of nitrogens with zero attached hydrogens (tertiary/aromatic N) is 1. The highest BCUT2D eigenvalue weighted by Gasteiger charge is 2.24. The molecule has 1 fully saturated rings. The smallest absolute Gasteiger partial charge is 0.255 e.